The Labute approximate surface area is 153 Å². The molecule has 0 spiro atoms. The number of thioether (sulfide) groups is 1. The molecule has 2 heterocycles. The van der Waals surface area contributed by atoms with Crippen molar-refractivity contribution in [2.45, 2.75) is 31.4 Å². The van der Waals surface area contributed by atoms with Crippen LogP contribution in [0.3, 0.4) is 0 Å². The summed E-state index contributed by atoms with van der Waals surface area (Å²) in [4.78, 5) is 16.0. The fourth-order valence-electron chi connectivity index (χ4n) is 2.03. The van der Waals surface area contributed by atoms with Gasteiger partial charge in [0.15, 0.2) is 11.8 Å². The van der Waals surface area contributed by atoms with Crippen LogP contribution in [0.4, 0.5) is 5.95 Å². The van der Waals surface area contributed by atoms with Crippen molar-refractivity contribution in [3.63, 3.8) is 0 Å². The number of anilines is 1. The first-order chi connectivity index (χ1) is 12.0. The Morgan fingerprint density at radius 1 is 1.20 bits per heavy atom. The smallest absolute Gasteiger partial charge is 0.237 e. The zero-order chi connectivity index (χ0) is 17.8. The summed E-state index contributed by atoms with van der Waals surface area (Å²) in [6.45, 7) is 4.06. The number of nitrogen functional groups attached to an aromatic ring is 1. The second-order valence-corrected chi connectivity index (χ2v) is 6.50. The van der Waals surface area contributed by atoms with Gasteiger partial charge in [0.25, 0.3) is 0 Å². The summed E-state index contributed by atoms with van der Waals surface area (Å²) in [6, 6.07) is 3.74. The SMILES string of the molecule is Cc1cc(OCc2noc(CSc3ncnc(N)n3)n2)cc(C)c1Cl. The largest absolute Gasteiger partial charge is 0.485 e. The third-order valence-corrected chi connectivity index (χ3v) is 4.62. The summed E-state index contributed by atoms with van der Waals surface area (Å²) in [5.41, 5.74) is 7.42. The van der Waals surface area contributed by atoms with Crippen LogP contribution in [-0.4, -0.2) is 25.1 Å². The molecule has 0 aliphatic carbocycles. The van der Waals surface area contributed by atoms with Crippen molar-refractivity contribution in [3.05, 3.63) is 46.3 Å². The Morgan fingerprint density at radius 2 is 1.96 bits per heavy atom. The van der Waals surface area contributed by atoms with Crippen LogP contribution < -0.4 is 10.5 Å². The number of halogens is 1. The molecular weight excluding hydrogens is 364 g/mol. The third-order valence-electron chi connectivity index (χ3n) is 3.18. The average molecular weight is 379 g/mol. The predicted octanol–water partition coefficient (Wildman–Crippen LogP) is 2.98. The van der Waals surface area contributed by atoms with Crippen molar-refractivity contribution in [2.75, 3.05) is 5.73 Å². The lowest BCUT2D eigenvalue weighted by molar-refractivity contribution is 0.285. The first-order valence-electron chi connectivity index (χ1n) is 7.29. The summed E-state index contributed by atoms with van der Waals surface area (Å²) in [7, 11) is 0. The van der Waals surface area contributed by atoms with Gasteiger partial charge in [-0.05, 0) is 37.1 Å². The topological polar surface area (TPSA) is 113 Å². The number of aromatic nitrogens is 5. The van der Waals surface area contributed by atoms with Crippen LogP contribution in [0.15, 0.2) is 28.1 Å². The quantitative estimate of drug-likeness (QED) is 0.646. The second-order valence-electron chi connectivity index (χ2n) is 5.18. The Morgan fingerprint density at radius 3 is 2.68 bits per heavy atom. The molecule has 0 aliphatic rings. The van der Waals surface area contributed by atoms with E-state index in [1.54, 1.807) is 0 Å². The Kier molecular flexibility index (Phi) is 5.34. The minimum Gasteiger partial charge on any atom is -0.485 e. The van der Waals surface area contributed by atoms with Crippen LogP contribution in [0.25, 0.3) is 0 Å². The van der Waals surface area contributed by atoms with E-state index in [4.69, 9.17) is 26.6 Å². The molecule has 0 radical (unpaired) electrons. The molecule has 2 aromatic heterocycles. The van der Waals surface area contributed by atoms with Crippen molar-refractivity contribution >= 4 is 29.3 Å². The molecule has 0 saturated heterocycles. The maximum absolute atomic E-state index is 6.15. The van der Waals surface area contributed by atoms with E-state index in [1.807, 2.05) is 26.0 Å². The number of nitrogens with zero attached hydrogens (tertiary/aromatic N) is 5. The van der Waals surface area contributed by atoms with Gasteiger partial charge in [-0.25, -0.2) is 9.97 Å². The van der Waals surface area contributed by atoms with Crippen LogP contribution in [0.1, 0.15) is 22.8 Å². The summed E-state index contributed by atoms with van der Waals surface area (Å²) in [6.07, 6.45) is 1.36. The summed E-state index contributed by atoms with van der Waals surface area (Å²) in [5, 5.41) is 5.13. The van der Waals surface area contributed by atoms with Gasteiger partial charge in [0.05, 0.1) is 5.75 Å². The molecule has 0 amide bonds. The Bertz CT molecular complexity index is 865. The van der Waals surface area contributed by atoms with E-state index in [0.717, 1.165) is 16.1 Å². The van der Waals surface area contributed by atoms with Gasteiger partial charge in [0.2, 0.25) is 17.7 Å². The highest BCUT2D eigenvalue weighted by atomic mass is 35.5. The molecule has 8 nitrogen and oxygen atoms in total. The van der Waals surface area contributed by atoms with E-state index in [-0.39, 0.29) is 12.6 Å². The van der Waals surface area contributed by atoms with E-state index in [9.17, 15) is 0 Å². The van der Waals surface area contributed by atoms with Crippen molar-refractivity contribution < 1.29 is 9.26 Å². The molecule has 1 aromatic carbocycles. The van der Waals surface area contributed by atoms with E-state index in [2.05, 4.69) is 25.1 Å². The lowest BCUT2D eigenvalue weighted by atomic mass is 10.1. The minimum atomic E-state index is 0.172. The highest BCUT2D eigenvalue weighted by Crippen LogP contribution is 2.26. The number of ether oxygens (including phenoxy) is 1. The van der Waals surface area contributed by atoms with E-state index in [1.165, 1.54) is 18.1 Å². The summed E-state index contributed by atoms with van der Waals surface area (Å²) >= 11 is 7.47. The zero-order valence-corrected chi connectivity index (χ0v) is 15.1. The number of hydrogen-bond acceptors (Lipinski definition) is 9. The fraction of sp³-hybridized carbons (Fsp3) is 0.267. The van der Waals surface area contributed by atoms with Gasteiger partial charge in [-0.3, -0.25) is 0 Å². The van der Waals surface area contributed by atoms with Gasteiger partial charge in [0.1, 0.15) is 12.1 Å². The molecule has 25 heavy (non-hydrogen) atoms. The molecule has 130 valence electrons. The van der Waals surface area contributed by atoms with E-state index < -0.39 is 0 Å². The van der Waals surface area contributed by atoms with Crippen molar-refractivity contribution in [2.24, 2.45) is 0 Å². The molecule has 2 N–H and O–H groups in total. The van der Waals surface area contributed by atoms with Crippen LogP contribution in [0.2, 0.25) is 5.02 Å². The molecule has 3 aromatic rings. The number of benzene rings is 1. The average Bonchev–Trinajstić information content (AvgIpc) is 3.04. The van der Waals surface area contributed by atoms with Crippen LogP contribution in [-0.2, 0) is 12.4 Å². The fourth-order valence-corrected chi connectivity index (χ4v) is 2.79. The van der Waals surface area contributed by atoms with E-state index in [0.29, 0.717) is 28.4 Å². The number of hydrogen-bond donors (Lipinski definition) is 1. The molecule has 0 atom stereocenters. The standard InChI is InChI=1S/C15H15ClN6O2S/c1-8-3-10(4-9(2)13(8)16)23-5-11-20-12(24-22-11)6-25-15-19-7-18-14(17)21-15/h3-4,7H,5-6H2,1-2H3,(H2,17,18,19,21). The predicted molar refractivity (Wildman–Crippen MR) is 93.4 cm³/mol. The molecule has 0 unspecified atom stereocenters. The van der Waals surface area contributed by atoms with Gasteiger partial charge in [-0.15, -0.1) is 0 Å². The lowest BCUT2D eigenvalue weighted by Crippen LogP contribution is -1.99. The first kappa shape index (κ1) is 17.4. The number of nitrogens with two attached hydrogens (primary N) is 1. The van der Waals surface area contributed by atoms with Gasteiger partial charge in [-0.1, -0.05) is 28.5 Å². The van der Waals surface area contributed by atoms with Gasteiger partial charge in [-0.2, -0.15) is 9.97 Å². The maximum Gasteiger partial charge on any atom is 0.237 e. The van der Waals surface area contributed by atoms with E-state index >= 15 is 0 Å². The first-order valence-corrected chi connectivity index (χ1v) is 8.66. The Balaban J connectivity index is 1.57. The Hall–Kier alpha value is -2.39. The molecule has 0 fully saturated rings. The molecule has 0 bridgehead atoms. The van der Waals surface area contributed by atoms with Crippen LogP contribution in [0, 0.1) is 13.8 Å². The molecule has 0 saturated carbocycles. The monoisotopic (exact) mass is 378 g/mol. The van der Waals surface area contributed by atoms with Crippen LogP contribution in [0.5, 0.6) is 5.75 Å². The lowest BCUT2D eigenvalue weighted by Gasteiger charge is -2.08. The molecule has 0 aliphatic heterocycles. The van der Waals surface area contributed by atoms with Crippen molar-refractivity contribution in [1.29, 1.82) is 0 Å². The van der Waals surface area contributed by atoms with Crippen molar-refractivity contribution in [1.82, 2.24) is 25.1 Å². The summed E-state index contributed by atoms with van der Waals surface area (Å²) in [5.74, 6) is 2.21. The van der Waals surface area contributed by atoms with Gasteiger partial charge < -0.3 is 15.0 Å². The van der Waals surface area contributed by atoms with Crippen molar-refractivity contribution in [3.8, 4) is 5.75 Å². The van der Waals surface area contributed by atoms with Gasteiger partial charge >= 0.3 is 0 Å². The number of rotatable bonds is 6. The molecule has 3 rings (SSSR count). The normalized spacial score (nSPS) is 10.8. The minimum absolute atomic E-state index is 0.172. The van der Waals surface area contributed by atoms with Gasteiger partial charge in [0, 0.05) is 5.02 Å². The summed E-state index contributed by atoms with van der Waals surface area (Å²) < 4.78 is 10.9. The molecular formula is C15H15ClN6O2S. The third kappa shape index (κ3) is 4.58. The highest BCUT2D eigenvalue weighted by Gasteiger charge is 2.10. The second kappa shape index (κ2) is 7.66. The zero-order valence-electron chi connectivity index (χ0n) is 13.6. The van der Waals surface area contributed by atoms with Crippen LogP contribution >= 0.6 is 23.4 Å². The highest BCUT2D eigenvalue weighted by molar-refractivity contribution is 7.98. The molecule has 10 heteroatoms. The maximum atomic E-state index is 6.15. The number of aryl methyl sites for hydroxylation is 2.